The number of nitrogens with zero attached hydrogens (tertiary/aromatic N) is 2. The summed E-state index contributed by atoms with van der Waals surface area (Å²) in [7, 11) is 0. The number of H-pyrrole nitrogens is 1. The molecule has 22 heavy (non-hydrogen) atoms. The maximum absolute atomic E-state index is 9.27. The molecule has 0 saturated carbocycles. The first kappa shape index (κ1) is 15.6. The molecule has 4 nitrogen and oxygen atoms in total. The molecule has 1 aliphatic heterocycles. The van der Waals surface area contributed by atoms with Crippen LogP contribution in [0.15, 0.2) is 24.3 Å². The Kier molecular flexibility index (Phi) is 5.18. The van der Waals surface area contributed by atoms with Crippen molar-refractivity contribution in [1.29, 1.82) is 0 Å². The number of imidazole rings is 1. The van der Waals surface area contributed by atoms with Crippen LogP contribution >= 0.6 is 11.8 Å². The van der Waals surface area contributed by atoms with Crippen LogP contribution in [0.3, 0.4) is 0 Å². The molecule has 2 heterocycles. The Balaban J connectivity index is 1.73. The summed E-state index contributed by atoms with van der Waals surface area (Å²) in [4.78, 5) is 10.7. The van der Waals surface area contributed by atoms with Gasteiger partial charge in [-0.05, 0) is 36.6 Å². The fourth-order valence-corrected chi connectivity index (χ4v) is 3.34. The maximum atomic E-state index is 9.27. The molecule has 0 bridgehead atoms. The standard InChI is InChI=1S/C17H23N3OS/c1-22-9-3-7-20-8-6-15-16(11-20)19-17(18-15)14-5-2-4-13(10-14)12-21/h2,4-5,10,21H,3,6-9,11-12H2,1H3,(H,18,19). The normalized spacial score (nSPS) is 15.0. The van der Waals surface area contributed by atoms with Gasteiger partial charge in [-0.15, -0.1) is 0 Å². The van der Waals surface area contributed by atoms with Gasteiger partial charge in [0.15, 0.2) is 0 Å². The minimum absolute atomic E-state index is 0.0669. The summed E-state index contributed by atoms with van der Waals surface area (Å²) in [6, 6.07) is 7.94. The Morgan fingerprint density at radius 1 is 1.41 bits per heavy atom. The van der Waals surface area contributed by atoms with E-state index in [2.05, 4.69) is 16.1 Å². The van der Waals surface area contributed by atoms with Crippen molar-refractivity contribution in [3.05, 3.63) is 41.2 Å². The molecular formula is C17H23N3OS. The van der Waals surface area contributed by atoms with Gasteiger partial charge in [0.05, 0.1) is 18.0 Å². The van der Waals surface area contributed by atoms with E-state index in [9.17, 15) is 5.11 Å². The lowest BCUT2D eigenvalue weighted by Gasteiger charge is -2.25. The van der Waals surface area contributed by atoms with E-state index in [1.807, 2.05) is 36.0 Å². The third kappa shape index (κ3) is 3.54. The molecule has 1 aromatic heterocycles. The van der Waals surface area contributed by atoms with Gasteiger partial charge < -0.3 is 10.1 Å². The first-order valence-corrected chi connectivity index (χ1v) is 9.18. The Labute approximate surface area is 136 Å². The highest BCUT2D eigenvalue weighted by Crippen LogP contribution is 2.23. The molecule has 0 amide bonds. The molecule has 1 aliphatic rings. The second-order valence-corrected chi connectivity index (χ2v) is 6.73. The molecule has 0 saturated heterocycles. The highest BCUT2D eigenvalue weighted by Gasteiger charge is 2.20. The van der Waals surface area contributed by atoms with Gasteiger partial charge in [0, 0.05) is 25.1 Å². The number of hydrogen-bond acceptors (Lipinski definition) is 4. The van der Waals surface area contributed by atoms with E-state index < -0.39 is 0 Å². The number of hydrogen-bond donors (Lipinski definition) is 2. The summed E-state index contributed by atoms with van der Waals surface area (Å²) in [5, 5.41) is 9.27. The van der Waals surface area contributed by atoms with E-state index >= 15 is 0 Å². The predicted molar refractivity (Wildman–Crippen MR) is 91.9 cm³/mol. The molecule has 118 valence electrons. The number of fused-ring (bicyclic) bond motifs is 1. The molecule has 0 unspecified atom stereocenters. The number of aliphatic hydroxyl groups is 1. The van der Waals surface area contributed by atoms with Gasteiger partial charge in [-0.25, -0.2) is 4.98 Å². The predicted octanol–water partition coefficient (Wildman–Crippen LogP) is 2.68. The van der Waals surface area contributed by atoms with E-state index in [1.165, 1.54) is 23.6 Å². The van der Waals surface area contributed by atoms with Crippen molar-refractivity contribution in [3.63, 3.8) is 0 Å². The quantitative estimate of drug-likeness (QED) is 0.804. The number of aromatic nitrogens is 2. The van der Waals surface area contributed by atoms with Crippen molar-refractivity contribution >= 4 is 11.8 Å². The molecule has 2 aromatic rings. The summed E-state index contributed by atoms with van der Waals surface area (Å²) < 4.78 is 0. The van der Waals surface area contributed by atoms with E-state index in [-0.39, 0.29) is 6.61 Å². The molecule has 0 radical (unpaired) electrons. The van der Waals surface area contributed by atoms with Crippen molar-refractivity contribution in [1.82, 2.24) is 14.9 Å². The molecule has 0 atom stereocenters. The zero-order chi connectivity index (χ0) is 15.4. The smallest absolute Gasteiger partial charge is 0.137 e. The highest BCUT2D eigenvalue weighted by atomic mass is 32.2. The van der Waals surface area contributed by atoms with Crippen molar-refractivity contribution in [2.45, 2.75) is 26.0 Å². The zero-order valence-corrected chi connectivity index (χ0v) is 13.8. The lowest BCUT2D eigenvalue weighted by Crippen LogP contribution is -2.31. The Hall–Kier alpha value is -1.30. The second-order valence-electron chi connectivity index (χ2n) is 5.74. The van der Waals surface area contributed by atoms with Gasteiger partial charge in [0.2, 0.25) is 0 Å². The lowest BCUT2D eigenvalue weighted by molar-refractivity contribution is 0.251. The Morgan fingerprint density at radius 2 is 2.32 bits per heavy atom. The van der Waals surface area contributed by atoms with Crippen LogP contribution in [0.1, 0.15) is 23.4 Å². The zero-order valence-electron chi connectivity index (χ0n) is 13.0. The van der Waals surface area contributed by atoms with Crippen LogP contribution in [0.4, 0.5) is 0 Å². The van der Waals surface area contributed by atoms with Gasteiger partial charge in [0.1, 0.15) is 5.82 Å². The number of rotatable bonds is 6. The van der Waals surface area contributed by atoms with Gasteiger partial charge in [0.25, 0.3) is 0 Å². The van der Waals surface area contributed by atoms with Crippen molar-refractivity contribution < 1.29 is 5.11 Å². The first-order chi connectivity index (χ1) is 10.8. The number of benzene rings is 1. The fourth-order valence-electron chi connectivity index (χ4n) is 2.93. The summed E-state index contributed by atoms with van der Waals surface area (Å²) in [6.45, 7) is 3.30. The molecule has 0 spiro atoms. The minimum atomic E-state index is 0.0669. The van der Waals surface area contributed by atoms with E-state index in [1.54, 1.807) is 0 Å². The molecule has 1 aromatic carbocycles. The van der Waals surface area contributed by atoms with Gasteiger partial charge >= 0.3 is 0 Å². The number of aliphatic hydroxyl groups excluding tert-OH is 1. The highest BCUT2D eigenvalue weighted by molar-refractivity contribution is 7.98. The van der Waals surface area contributed by atoms with Crippen LogP contribution in [-0.2, 0) is 19.6 Å². The lowest BCUT2D eigenvalue weighted by atomic mass is 10.1. The molecule has 0 aliphatic carbocycles. The van der Waals surface area contributed by atoms with E-state index in [4.69, 9.17) is 4.98 Å². The average molecular weight is 317 g/mol. The summed E-state index contributed by atoms with van der Waals surface area (Å²) >= 11 is 1.91. The Morgan fingerprint density at radius 3 is 3.14 bits per heavy atom. The van der Waals surface area contributed by atoms with Crippen molar-refractivity contribution in [3.8, 4) is 11.4 Å². The van der Waals surface area contributed by atoms with Gasteiger partial charge in [-0.3, -0.25) is 4.90 Å². The maximum Gasteiger partial charge on any atom is 0.137 e. The van der Waals surface area contributed by atoms with Crippen LogP contribution in [0.25, 0.3) is 11.4 Å². The summed E-state index contributed by atoms with van der Waals surface area (Å²) in [5.41, 5.74) is 4.42. The third-order valence-corrected chi connectivity index (χ3v) is 4.81. The second kappa shape index (κ2) is 7.31. The molecule has 5 heteroatoms. The number of nitrogens with one attached hydrogen (secondary N) is 1. The van der Waals surface area contributed by atoms with Crippen molar-refractivity contribution in [2.24, 2.45) is 0 Å². The van der Waals surface area contributed by atoms with Crippen LogP contribution in [0.2, 0.25) is 0 Å². The van der Waals surface area contributed by atoms with Gasteiger partial charge in [-0.2, -0.15) is 11.8 Å². The average Bonchev–Trinajstić information content (AvgIpc) is 2.98. The van der Waals surface area contributed by atoms with Crippen LogP contribution in [-0.4, -0.2) is 45.1 Å². The molecule has 2 N–H and O–H groups in total. The van der Waals surface area contributed by atoms with Crippen LogP contribution in [0.5, 0.6) is 0 Å². The minimum Gasteiger partial charge on any atom is -0.392 e. The number of aromatic amines is 1. The summed E-state index contributed by atoms with van der Waals surface area (Å²) in [6.07, 6.45) is 4.43. The van der Waals surface area contributed by atoms with Crippen LogP contribution < -0.4 is 0 Å². The third-order valence-electron chi connectivity index (χ3n) is 4.12. The molecular weight excluding hydrogens is 294 g/mol. The Bertz CT molecular complexity index is 626. The SMILES string of the molecule is CSCCCN1CCc2nc(-c3cccc(CO)c3)[nH]c2C1. The van der Waals surface area contributed by atoms with Gasteiger partial charge in [-0.1, -0.05) is 18.2 Å². The molecule has 3 rings (SSSR count). The number of thioether (sulfide) groups is 1. The summed E-state index contributed by atoms with van der Waals surface area (Å²) in [5.74, 6) is 2.15. The molecule has 0 fully saturated rings. The van der Waals surface area contributed by atoms with E-state index in [0.717, 1.165) is 43.0 Å². The topological polar surface area (TPSA) is 52.1 Å². The van der Waals surface area contributed by atoms with Crippen molar-refractivity contribution in [2.75, 3.05) is 25.1 Å². The van der Waals surface area contributed by atoms with E-state index in [0.29, 0.717) is 0 Å². The first-order valence-electron chi connectivity index (χ1n) is 7.79. The largest absolute Gasteiger partial charge is 0.392 e. The fraction of sp³-hybridized carbons (Fsp3) is 0.471. The monoisotopic (exact) mass is 317 g/mol. The van der Waals surface area contributed by atoms with Crippen LogP contribution in [0, 0.1) is 0 Å².